The summed E-state index contributed by atoms with van der Waals surface area (Å²) in [7, 11) is 0. The second kappa shape index (κ2) is 5.75. The van der Waals surface area contributed by atoms with Crippen molar-refractivity contribution in [2.24, 2.45) is 0 Å². The highest BCUT2D eigenvalue weighted by atomic mass is 35.5. The Labute approximate surface area is 122 Å². The van der Waals surface area contributed by atoms with E-state index in [1.807, 2.05) is 18.7 Å². The van der Waals surface area contributed by atoms with Crippen LogP contribution in [-0.4, -0.2) is 63.5 Å². The molecule has 19 heavy (non-hydrogen) atoms. The highest BCUT2D eigenvalue weighted by Crippen LogP contribution is 2.23. The van der Waals surface area contributed by atoms with Gasteiger partial charge >= 0.3 is 0 Å². The third-order valence-electron chi connectivity index (χ3n) is 2.89. The topological polar surface area (TPSA) is 65.4 Å². The van der Waals surface area contributed by atoms with E-state index >= 15 is 0 Å². The van der Waals surface area contributed by atoms with Gasteiger partial charge in [0.15, 0.2) is 11.0 Å². The van der Waals surface area contributed by atoms with Gasteiger partial charge < -0.3 is 10.0 Å². The summed E-state index contributed by atoms with van der Waals surface area (Å²) < 4.78 is 0. The van der Waals surface area contributed by atoms with Gasteiger partial charge in [-0.25, -0.2) is 0 Å². The highest BCUT2D eigenvalue weighted by Gasteiger charge is 2.24. The van der Waals surface area contributed by atoms with Crippen molar-refractivity contribution in [3.05, 3.63) is 10.4 Å². The van der Waals surface area contributed by atoms with Gasteiger partial charge in [-0.2, -0.15) is 4.98 Å². The molecule has 0 aromatic carbocycles. The zero-order valence-electron chi connectivity index (χ0n) is 11.0. The molecule has 1 saturated heterocycles. The normalized spacial score (nSPS) is 17.8. The van der Waals surface area contributed by atoms with Crippen molar-refractivity contribution in [2.75, 3.05) is 37.6 Å². The van der Waals surface area contributed by atoms with Crippen LogP contribution in [0.2, 0.25) is 10.4 Å². The first-order chi connectivity index (χ1) is 8.85. The number of hydrogen-bond acceptors (Lipinski definition) is 6. The lowest BCUT2D eigenvalue weighted by Crippen LogP contribution is -2.50. The third kappa shape index (κ3) is 4.14. The molecule has 0 radical (unpaired) electrons. The van der Waals surface area contributed by atoms with Crippen molar-refractivity contribution in [1.29, 1.82) is 0 Å². The van der Waals surface area contributed by atoms with Crippen molar-refractivity contribution in [1.82, 2.24) is 20.1 Å². The number of β-amino-alcohol motifs (C(OH)–C–C–N with tert-alkyl or cyclic N) is 1. The van der Waals surface area contributed by atoms with E-state index in [0.29, 0.717) is 12.4 Å². The van der Waals surface area contributed by atoms with Gasteiger partial charge in [0.25, 0.3) is 0 Å². The second-order valence-corrected chi connectivity index (χ2v) is 5.97. The Morgan fingerprint density at radius 2 is 1.79 bits per heavy atom. The Hall–Kier alpha value is -0.690. The van der Waals surface area contributed by atoms with Crippen LogP contribution in [0.25, 0.3) is 0 Å². The smallest absolute Gasteiger partial charge is 0.245 e. The molecular formula is C11H17Cl2N5O. The van der Waals surface area contributed by atoms with E-state index in [4.69, 9.17) is 23.2 Å². The van der Waals surface area contributed by atoms with Crippen LogP contribution in [0.4, 0.5) is 5.82 Å². The van der Waals surface area contributed by atoms with E-state index < -0.39 is 5.60 Å². The highest BCUT2D eigenvalue weighted by molar-refractivity contribution is 6.32. The van der Waals surface area contributed by atoms with Crippen LogP contribution in [-0.2, 0) is 0 Å². The first-order valence-corrected chi connectivity index (χ1v) is 6.86. The Balaban J connectivity index is 1.98. The van der Waals surface area contributed by atoms with Gasteiger partial charge in [-0.1, -0.05) is 11.6 Å². The van der Waals surface area contributed by atoms with Crippen LogP contribution in [0.3, 0.4) is 0 Å². The molecule has 1 N–H and O–H groups in total. The van der Waals surface area contributed by atoms with E-state index in [2.05, 4.69) is 20.1 Å². The fourth-order valence-corrected chi connectivity index (χ4v) is 2.47. The molecule has 0 amide bonds. The van der Waals surface area contributed by atoms with Crippen molar-refractivity contribution in [3.63, 3.8) is 0 Å². The third-order valence-corrected chi connectivity index (χ3v) is 3.29. The summed E-state index contributed by atoms with van der Waals surface area (Å²) in [5.41, 5.74) is -0.681. The molecule has 1 aliphatic heterocycles. The molecule has 0 spiro atoms. The van der Waals surface area contributed by atoms with Crippen LogP contribution in [0.1, 0.15) is 13.8 Å². The van der Waals surface area contributed by atoms with Gasteiger partial charge in [-0.3, -0.25) is 4.90 Å². The maximum absolute atomic E-state index is 9.81. The molecule has 0 unspecified atom stereocenters. The quantitative estimate of drug-likeness (QED) is 0.901. The minimum atomic E-state index is -0.681. The summed E-state index contributed by atoms with van der Waals surface area (Å²) in [4.78, 5) is 8.35. The van der Waals surface area contributed by atoms with Gasteiger partial charge in [0, 0.05) is 32.7 Å². The molecule has 2 rings (SSSR count). The zero-order chi connectivity index (χ0) is 14.0. The Morgan fingerprint density at radius 3 is 2.37 bits per heavy atom. The van der Waals surface area contributed by atoms with Crippen LogP contribution in [0, 0.1) is 0 Å². The number of rotatable bonds is 3. The Kier molecular flexibility index (Phi) is 4.45. The van der Waals surface area contributed by atoms with Crippen LogP contribution in [0.15, 0.2) is 0 Å². The number of piperazine rings is 1. The minimum absolute atomic E-state index is 0.0957. The van der Waals surface area contributed by atoms with E-state index in [1.165, 1.54) is 0 Å². The molecule has 0 atom stereocenters. The molecule has 2 heterocycles. The summed E-state index contributed by atoms with van der Waals surface area (Å²) in [5.74, 6) is 0.574. The number of hydrogen-bond donors (Lipinski definition) is 1. The number of nitrogens with zero attached hydrogens (tertiary/aromatic N) is 5. The summed E-state index contributed by atoms with van der Waals surface area (Å²) in [6.07, 6.45) is 0. The molecule has 8 heteroatoms. The van der Waals surface area contributed by atoms with Crippen molar-refractivity contribution in [2.45, 2.75) is 19.4 Å². The predicted molar refractivity (Wildman–Crippen MR) is 74.8 cm³/mol. The molecule has 106 valence electrons. The SMILES string of the molecule is CC(C)(O)CN1CCN(c2nc(Cl)nnc2Cl)CC1. The Morgan fingerprint density at radius 1 is 1.16 bits per heavy atom. The summed E-state index contributed by atoms with van der Waals surface area (Å²) in [6.45, 7) is 7.48. The summed E-state index contributed by atoms with van der Waals surface area (Å²) >= 11 is 11.7. The van der Waals surface area contributed by atoms with Gasteiger partial charge in [0.1, 0.15) is 0 Å². The molecule has 0 bridgehead atoms. The van der Waals surface area contributed by atoms with E-state index in [1.54, 1.807) is 0 Å². The second-order valence-electron chi connectivity index (χ2n) is 5.27. The molecule has 0 saturated carbocycles. The lowest BCUT2D eigenvalue weighted by atomic mass is 10.1. The van der Waals surface area contributed by atoms with Crippen molar-refractivity contribution >= 4 is 29.0 Å². The van der Waals surface area contributed by atoms with Gasteiger partial charge in [-0.05, 0) is 25.4 Å². The maximum atomic E-state index is 9.81. The number of aromatic nitrogens is 3. The van der Waals surface area contributed by atoms with Gasteiger partial charge in [-0.15, -0.1) is 10.2 Å². The van der Waals surface area contributed by atoms with E-state index in [-0.39, 0.29) is 10.4 Å². The molecule has 1 aromatic rings. The molecule has 1 aliphatic rings. The van der Waals surface area contributed by atoms with Crippen LogP contribution >= 0.6 is 23.2 Å². The fourth-order valence-electron chi connectivity index (χ4n) is 2.15. The first-order valence-electron chi connectivity index (χ1n) is 6.10. The van der Waals surface area contributed by atoms with Crippen molar-refractivity contribution in [3.8, 4) is 0 Å². The first kappa shape index (κ1) is 14.7. The predicted octanol–water partition coefficient (Wildman–Crippen LogP) is 1.07. The average molecular weight is 306 g/mol. The number of anilines is 1. The van der Waals surface area contributed by atoms with Gasteiger partial charge in [0.2, 0.25) is 5.28 Å². The molecular weight excluding hydrogens is 289 g/mol. The minimum Gasteiger partial charge on any atom is -0.389 e. The fraction of sp³-hybridized carbons (Fsp3) is 0.727. The lowest BCUT2D eigenvalue weighted by Gasteiger charge is -2.37. The van der Waals surface area contributed by atoms with Crippen LogP contribution in [0.5, 0.6) is 0 Å². The van der Waals surface area contributed by atoms with Crippen LogP contribution < -0.4 is 4.90 Å². The van der Waals surface area contributed by atoms with E-state index in [9.17, 15) is 5.11 Å². The molecule has 0 aliphatic carbocycles. The molecule has 1 fully saturated rings. The van der Waals surface area contributed by atoms with Crippen molar-refractivity contribution < 1.29 is 5.11 Å². The average Bonchev–Trinajstić information content (AvgIpc) is 2.31. The van der Waals surface area contributed by atoms with Gasteiger partial charge in [0.05, 0.1) is 5.60 Å². The monoisotopic (exact) mass is 305 g/mol. The standard InChI is InChI=1S/C11H17Cl2N5O/c1-11(2,19)7-17-3-5-18(6-4-17)9-8(12)15-16-10(13)14-9/h19H,3-7H2,1-2H3. The maximum Gasteiger partial charge on any atom is 0.245 e. The number of halogens is 2. The molecule has 1 aromatic heterocycles. The lowest BCUT2D eigenvalue weighted by molar-refractivity contribution is 0.0344. The summed E-state index contributed by atoms with van der Waals surface area (Å²) in [5, 5.41) is 17.5. The largest absolute Gasteiger partial charge is 0.389 e. The molecule has 6 nitrogen and oxygen atoms in total. The zero-order valence-corrected chi connectivity index (χ0v) is 12.5. The number of aliphatic hydroxyl groups is 1. The summed E-state index contributed by atoms with van der Waals surface area (Å²) in [6, 6.07) is 0. The Bertz CT molecular complexity index is 443. The van der Waals surface area contributed by atoms with E-state index in [0.717, 1.165) is 26.2 Å².